The number of allylic oxidation sites excluding steroid dienone is 2. The molecule has 2 nitrogen and oxygen atoms in total. The van der Waals surface area contributed by atoms with E-state index in [0.29, 0.717) is 5.70 Å². The van der Waals surface area contributed by atoms with Crippen LogP contribution in [-0.4, -0.2) is 8.77 Å². The molecule has 3 N–H and O–H groups in total. The fourth-order valence-corrected chi connectivity index (χ4v) is 1.59. The van der Waals surface area contributed by atoms with Crippen molar-refractivity contribution in [2.45, 2.75) is 0 Å². The van der Waals surface area contributed by atoms with Gasteiger partial charge in [-0.25, -0.2) is 0 Å². The quantitative estimate of drug-likeness (QED) is 0.619. The van der Waals surface area contributed by atoms with Crippen LogP contribution in [0.3, 0.4) is 0 Å². The molecule has 0 saturated heterocycles. The molecule has 3 heteroatoms. The molecule has 0 radical (unpaired) electrons. The highest BCUT2D eigenvalue weighted by Gasteiger charge is 1.93. The zero-order chi connectivity index (χ0) is 6.69. The molecular formula is C6H6INO. The van der Waals surface area contributed by atoms with Gasteiger partial charge in [-0.1, -0.05) is 6.08 Å². The first kappa shape index (κ1) is 6.58. The van der Waals surface area contributed by atoms with Crippen LogP contribution in [0.4, 0.5) is 0 Å². The summed E-state index contributed by atoms with van der Waals surface area (Å²) in [5.41, 5.74) is 5.76. The number of rotatable bonds is 0. The van der Waals surface area contributed by atoms with Gasteiger partial charge in [-0.05, 0) is 34.6 Å². The average Bonchev–Trinajstić information content (AvgIpc) is 1.99. The van der Waals surface area contributed by atoms with Gasteiger partial charge in [0.1, 0.15) is 0 Å². The summed E-state index contributed by atoms with van der Waals surface area (Å²) in [6.45, 7) is 0. The molecule has 0 aliphatic carbocycles. The van der Waals surface area contributed by atoms with Crippen LogP contribution in [0.1, 0.15) is 0 Å². The maximum absolute atomic E-state index is 8.96. The van der Waals surface area contributed by atoms with Crippen LogP contribution in [0, 0.1) is 0 Å². The molecule has 0 spiro atoms. The molecule has 0 atom stereocenters. The standard InChI is InChI=1S/C6H6INO/c8-5-2-1-3-7-4-6(5)9/h1-3,9H,8H2. The minimum atomic E-state index is -0.230. The highest BCUT2D eigenvalue weighted by atomic mass is 127. The number of hydrogen-bond acceptors (Lipinski definition) is 2. The van der Waals surface area contributed by atoms with Crippen molar-refractivity contribution >= 4 is 24.4 Å². The third-order valence-corrected chi connectivity index (χ3v) is 2.43. The molecule has 48 valence electrons. The van der Waals surface area contributed by atoms with Crippen LogP contribution in [0.5, 0.6) is 0 Å². The Morgan fingerprint density at radius 2 is 2.44 bits per heavy atom. The van der Waals surface area contributed by atoms with Crippen molar-refractivity contribution in [1.82, 2.24) is 0 Å². The van der Waals surface area contributed by atoms with Crippen LogP contribution in [0.15, 0.2) is 27.7 Å². The summed E-state index contributed by atoms with van der Waals surface area (Å²) in [6.07, 6.45) is 3.52. The summed E-state index contributed by atoms with van der Waals surface area (Å²) >= 11 is -0.230. The van der Waals surface area contributed by atoms with Gasteiger partial charge in [-0.2, -0.15) is 0 Å². The molecule has 0 aromatic rings. The van der Waals surface area contributed by atoms with Gasteiger partial charge in [0.15, 0.2) is 5.76 Å². The SMILES string of the molecule is NC1=CC=CI=C=C1O. The van der Waals surface area contributed by atoms with Gasteiger partial charge in [-0.3, -0.25) is 0 Å². The van der Waals surface area contributed by atoms with Crippen molar-refractivity contribution in [3.63, 3.8) is 0 Å². The molecule has 0 unspecified atom stereocenters. The smallest absolute Gasteiger partial charge is 0.188 e. The fraction of sp³-hybridized carbons (Fsp3) is 0. The van der Waals surface area contributed by atoms with Crippen molar-refractivity contribution < 1.29 is 5.11 Å². The van der Waals surface area contributed by atoms with E-state index in [4.69, 9.17) is 10.8 Å². The Morgan fingerprint density at radius 3 is 3.22 bits per heavy atom. The van der Waals surface area contributed by atoms with Crippen LogP contribution in [-0.2, 0) is 0 Å². The Morgan fingerprint density at radius 1 is 1.67 bits per heavy atom. The molecule has 1 aliphatic heterocycles. The lowest BCUT2D eigenvalue weighted by Gasteiger charge is -1.90. The largest absolute Gasteiger partial charge is 0.499 e. The van der Waals surface area contributed by atoms with E-state index in [0.717, 1.165) is 0 Å². The van der Waals surface area contributed by atoms with Gasteiger partial charge < -0.3 is 10.8 Å². The second-order valence-corrected chi connectivity index (χ2v) is 3.37. The molecule has 1 heterocycles. The first-order chi connectivity index (χ1) is 4.30. The van der Waals surface area contributed by atoms with Gasteiger partial charge in [-0.15, -0.1) is 0 Å². The number of aliphatic hydroxyl groups excluding tert-OH is 1. The second kappa shape index (κ2) is 2.85. The lowest BCUT2D eigenvalue weighted by atomic mass is 10.4. The highest BCUT2D eigenvalue weighted by molar-refractivity contribution is 14.2. The molecule has 0 aromatic heterocycles. The van der Waals surface area contributed by atoms with Gasteiger partial charge in [0.2, 0.25) is 0 Å². The molecule has 0 saturated carbocycles. The lowest BCUT2D eigenvalue weighted by Crippen LogP contribution is -1.99. The average molecular weight is 235 g/mol. The predicted molar refractivity (Wildman–Crippen MR) is 46.6 cm³/mol. The summed E-state index contributed by atoms with van der Waals surface area (Å²) < 4.78 is 4.78. The molecule has 9 heavy (non-hydrogen) atoms. The maximum atomic E-state index is 8.96. The predicted octanol–water partition coefficient (Wildman–Crippen LogP) is 1.17. The van der Waals surface area contributed by atoms with Crippen molar-refractivity contribution in [3.8, 4) is 0 Å². The van der Waals surface area contributed by atoms with Gasteiger partial charge >= 0.3 is 0 Å². The molecule has 0 bridgehead atoms. The zero-order valence-corrected chi connectivity index (χ0v) is 6.79. The van der Waals surface area contributed by atoms with Crippen molar-refractivity contribution in [3.05, 3.63) is 27.7 Å². The third kappa shape index (κ3) is 1.69. The minimum Gasteiger partial charge on any atom is -0.499 e. The molecule has 0 amide bonds. The number of hydrogen-bond donors (Lipinski definition) is 2. The monoisotopic (exact) mass is 235 g/mol. The number of aliphatic hydroxyl groups is 1. The van der Waals surface area contributed by atoms with E-state index in [1.54, 1.807) is 6.08 Å². The Hall–Kier alpha value is -0.540. The van der Waals surface area contributed by atoms with Crippen molar-refractivity contribution in [2.75, 3.05) is 0 Å². The van der Waals surface area contributed by atoms with Crippen LogP contribution in [0.2, 0.25) is 0 Å². The third-order valence-electron chi connectivity index (χ3n) is 0.829. The summed E-state index contributed by atoms with van der Waals surface area (Å²) in [6, 6.07) is 0. The maximum Gasteiger partial charge on any atom is 0.188 e. The Balaban J connectivity index is 3.06. The number of halogens is 1. The molecule has 0 aromatic carbocycles. The van der Waals surface area contributed by atoms with Gasteiger partial charge in [0.25, 0.3) is 0 Å². The van der Waals surface area contributed by atoms with E-state index in [9.17, 15) is 0 Å². The highest BCUT2D eigenvalue weighted by Crippen LogP contribution is 2.05. The Labute approximate surface area is 63.1 Å². The summed E-state index contributed by atoms with van der Waals surface area (Å²) in [7, 11) is 0. The van der Waals surface area contributed by atoms with E-state index in [1.165, 1.54) is 0 Å². The zero-order valence-electron chi connectivity index (χ0n) is 4.63. The van der Waals surface area contributed by atoms with E-state index in [-0.39, 0.29) is 26.5 Å². The molecular weight excluding hydrogens is 229 g/mol. The van der Waals surface area contributed by atoms with Crippen molar-refractivity contribution in [2.24, 2.45) is 5.73 Å². The fourth-order valence-electron chi connectivity index (χ4n) is 0.393. The number of nitrogens with two attached hydrogens (primary N) is 1. The van der Waals surface area contributed by atoms with E-state index < -0.39 is 0 Å². The molecule has 1 rings (SSSR count). The topological polar surface area (TPSA) is 46.2 Å². The van der Waals surface area contributed by atoms with E-state index in [2.05, 4.69) is 3.67 Å². The van der Waals surface area contributed by atoms with E-state index in [1.807, 2.05) is 10.2 Å². The Bertz CT molecular complexity index is 233. The van der Waals surface area contributed by atoms with Crippen LogP contribution in [0.25, 0.3) is 0 Å². The summed E-state index contributed by atoms with van der Waals surface area (Å²) in [4.78, 5) is 0. The van der Waals surface area contributed by atoms with Gasteiger partial charge in [0, 0.05) is 0 Å². The first-order valence-electron chi connectivity index (χ1n) is 2.37. The normalized spacial score (nSPS) is 17.3. The summed E-state index contributed by atoms with van der Waals surface area (Å²) in [5, 5.41) is 8.96. The van der Waals surface area contributed by atoms with Crippen LogP contribution >= 0.6 is 20.7 Å². The lowest BCUT2D eigenvalue weighted by molar-refractivity contribution is 0.431. The molecule has 0 fully saturated rings. The molecule has 1 aliphatic rings. The summed E-state index contributed by atoms with van der Waals surface area (Å²) in [5.74, 6) is 0.104. The van der Waals surface area contributed by atoms with Crippen LogP contribution < -0.4 is 5.73 Å². The van der Waals surface area contributed by atoms with Crippen molar-refractivity contribution in [1.29, 1.82) is 0 Å². The van der Waals surface area contributed by atoms with Gasteiger partial charge in [0.05, 0.1) is 5.70 Å². The minimum absolute atomic E-state index is 0.104. The second-order valence-electron chi connectivity index (χ2n) is 1.49. The first-order valence-corrected chi connectivity index (χ1v) is 4.70. The Kier molecular flexibility index (Phi) is 2.08. The van der Waals surface area contributed by atoms with E-state index >= 15 is 0 Å².